The molecule has 0 atom stereocenters. The first kappa shape index (κ1) is 27.4. The predicted octanol–water partition coefficient (Wildman–Crippen LogP) is 8.07. The lowest BCUT2D eigenvalue weighted by Gasteiger charge is -2.12. The summed E-state index contributed by atoms with van der Waals surface area (Å²) in [5.74, 6) is 0.907. The Hall–Kier alpha value is -3.61. The maximum atomic E-state index is 12.8. The van der Waals surface area contributed by atoms with E-state index in [4.69, 9.17) is 9.47 Å². The molecule has 0 aliphatic heterocycles. The molecular formula is C31H24BrIN2O3. The maximum Gasteiger partial charge on any atom is 0.266 e. The maximum absolute atomic E-state index is 12.8. The molecule has 0 saturated heterocycles. The summed E-state index contributed by atoms with van der Waals surface area (Å²) in [6, 6.07) is 30.8. The molecule has 1 amide bonds. The van der Waals surface area contributed by atoms with Crippen LogP contribution in [-0.2, 0) is 18.0 Å². The molecule has 0 bridgehead atoms. The van der Waals surface area contributed by atoms with Gasteiger partial charge in [0.2, 0.25) is 0 Å². The monoisotopic (exact) mass is 678 g/mol. The van der Waals surface area contributed by atoms with Crippen molar-refractivity contribution in [3.63, 3.8) is 0 Å². The Bertz CT molecular complexity index is 1460. The fraction of sp³-hybridized carbons (Fsp3) is 0.0968. The standard InChI is InChI=1S/C31H24BrIN2O3/c1-21-7-9-23(10-8-21)20-38-30-28(32)16-24(17-29(30)33)15-25(18-34)31(36)35-26-11-13-27(14-12-26)37-19-22-5-3-2-4-6-22/h2-17H,19-20H2,1H3,(H,35,36)/b25-15+. The number of hydrogen-bond acceptors (Lipinski definition) is 4. The van der Waals surface area contributed by atoms with Crippen molar-refractivity contribution in [2.24, 2.45) is 0 Å². The summed E-state index contributed by atoms with van der Waals surface area (Å²) in [5, 5.41) is 12.4. The van der Waals surface area contributed by atoms with Gasteiger partial charge in [-0.15, -0.1) is 0 Å². The Kier molecular flexibility index (Phi) is 9.57. The number of hydrogen-bond donors (Lipinski definition) is 1. The molecule has 0 fully saturated rings. The van der Waals surface area contributed by atoms with Gasteiger partial charge in [-0.1, -0.05) is 60.2 Å². The van der Waals surface area contributed by atoms with Crippen molar-refractivity contribution in [3.8, 4) is 17.6 Å². The SMILES string of the molecule is Cc1ccc(COc2c(Br)cc(/C=C(\C#N)C(=O)Nc3ccc(OCc4ccccc4)cc3)cc2I)cc1. The predicted molar refractivity (Wildman–Crippen MR) is 162 cm³/mol. The molecule has 38 heavy (non-hydrogen) atoms. The minimum absolute atomic E-state index is 0.00886. The number of anilines is 1. The van der Waals surface area contributed by atoms with E-state index in [0.717, 1.165) is 19.2 Å². The van der Waals surface area contributed by atoms with Crippen LogP contribution in [0, 0.1) is 21.8 Å². The number of nitriles is 1. The van der Waals surface area contributed by atoms with Gasteiger partial charge in [0.15, 0.2) is 0 Å². The van der Waals surface area contributed by atoms with Gasteiger partial charge in [-0.25, -0.2) is 0 Å². The second-order valence-corrected chi connectivity index (χ2v) is 10.5. The lowest BCUT2D eigenvalue weighted by Crippen LogP contribution is -2.13. The lowest BCUT2D eigenvalue weighted by atomic mass is 10.1. The van der Waals surface area contributed by atoms with Crippen molar-refractivity contribution in [1.82, 2.24) is 0 Å². The van der Waals surface area contributed by atoms with E-state index >= 15 is 0 Å². The molecule has 190 valence electrons. The summed E-state index contributed by atoms with van der Waals surface area (Å²) in [6.07, 6.45) is 1.56. The van der Waals surface area contributed by atoms with Crippen LogP contribution >= 0.6 is 38.5 Å². The number of benzene rings is 4. The fourth-order valence-electron chi connectivity index (χ4n) is 3.53. The largest absolute Gasteiger partial charge is 0.489 e. The summed E-state index contributed by atoms with van der Waals surface area (Å²) in [6.45, 7) is 2.94. The van der Waals surface area contributed by atoms with Crippen molar-refractivity contribution in [2.75, 3.05) is 5.32 Å². The second kappa shape index (κ2) is 13.3. The zero-order valence-corrected chi connectivity index (χ0v) is 24.3. The van der Waals surface area contributed by atoms with Crippen LogP contribution in [0.15, 0.2) is 101 Å². The highest BCUT2D eigenvalue weighted by molar-refractivity contribution is 14.1. The molecule has 0 spiro atoms. The summed E-state index contributed by atoms with van der Waals surface area (Å²) in [4.78, 5) is 12.8. The number of carbonyl (C=O) groups excluding carboxylic acids is 1. The van der Waals surface area contributed by atoms with Crippen molar-refractivity contribution < 1.29 is 14.3 Å². The smallest absolute Gasteiger partial charge is 0.266 e. The van der Waals surface area contributed by atoms with Crippen LogP contribution < -0.4 is 14.8 Å². The van der Waals surface area contributed by atoms with E-state index in [-0.39, 0.29) is 5.57 Å². The zero-order chi connectivity index (χ0) is 26.9. The second-order valence-electron chi connectivity index (χ2n) is 8.51. The summed E-state index contributed by atoms with van der Waals surface area (Å²) < 4.78 is 13.4. The fourth-order valence-corrected chi connectivity index (χ4v) is 5.30. The number of aryl methyl sites for hydroxylation is 1. The molecule has 0 aliphatic carbocycles. The molecule has 4 rings (SSSR count). The van der Waals surface area contributed by atoms with Gasteiger partial charge in [0.25, 0.3) is 5.91 Å². The van der Waals surface area contributed by atoms with Gasteiger partial charge in [-0.05, 0) is 105 Å². The van der Waals surface area contributed by atoms with E-state index in [1.807, 2.05) is 67.6 Å². The number of amides is 1. The number of ether oxygens (including phenoxy) is 2. The molecule has 4 aromatic rings. The quantitative estimate of drug-likeness (QED) is 0.110. The average Bonchev–Trinajstić information content (AvgIpc) is 2.92. The van der Waals surface area contributed by atoms with Gasteiger partial charge in [-0.2, -0.15) is 5.26 Å². The van der Waals surface area contributed by atoms with E-state index in [9.17, 15) is 10.1 Å². The van der Waals surface area contributed by atoms with Crippen LogP contribution in [0.1, 0.15) is 22.3 Å². The molecular weight excluding hydrogens is 655 g/mol. The Balaban J connectivity index is 1.39. The molecule has 0 heterocycles. The first-order valence-corrected chi connectivity index (χ1v) is 13.7. The topological polar surface area (TPSA) is 71.3 Å². The minimum atomic E-state index is -0.490. The average molecular weight is 679 g/mol. The molecule has 0 saturated carbocycles. The van der Waals surface area contributed by atoms with E-state index in [1.54, 1.807) is 30.3 Å². The molecule has 0 unspecified atom stereocenters. The van der Waals surface area contributed by atoms with E-state index in [1.165, 1.54) is 5.56 Å². The number of carbonyl (C=O) groups is 1. The third-order valence-electron chi connectivity index (χ3n) is 5.56. The van der Waals surface area contributed by atoms with E-state index in [0.29, 0.717) is 36.0 Å². The lowest BCUT2D eigenvalue weighted by molar-refractivity contribution is -0.112. The van der Waals surface area contributed by atoms with Gasteiger partial charge in [0.1, 0.15) is 36.4 Å². The van der Waals surface area contributed by atoms with Crippen molar-refractivity contribution >= 4 is 56.2 Å². The van der Waals surface area contributed by atoms with Crippen LogP contribution in [0.5, 0.6) is 11.5 Å². The van der Waals surface area contributed by atoms with Gasteiger partial charge in [0.05, 0.1) is 8.04 Å². The normalized spacial score (nSPS) is 10.9. The number of nitrogens with one attached hydrogen (secondary N) is 1. The van der Waals surface area contributed by atoms with Gasteiger partial charge in [0, 0.05) is 5.69 Å². The Morgan fingerprint density at radius 2 is 1.61 bits per heavy atom. The number of halogens is 2. The van der Waals surface area contributed by atoms with Crippen LogP contribution in [0.3, 0.4) is 0 Å². The third-order valence-corrected chi connectivity index (χ3v) is 6.95. The highest BCUT2D eigenvalue weighted by atomic mass is 127. The Morgan fingerprint density at radius 1 is 0.947 bits per heavy atom. The number of rotatable bonds is 9. The van der Waals surface area contributed by atoms with E-state index < -0.39 is 5.91 Å². The van der Waals surface area contributed by atoms with Crippen molar-refractivity contribution in [1.29, 1.82) is 5.26 Å². The van der Waals surface area contributed by atoms with Crippen LogP contribution in [0.4, 0.5) is 5.69 Å². The highest BCUT2D eigenvalue weighted by Crippen LogP contribution is 2.33. The highest BCUT2D eigenvalue weighted by Gasteiger charge is 2.13. The molecule has 0 aliphatic rings. The summed E-state index contributed by atoms with van der Waals surface area (Å²) in [5.41, 5.74) is 4.61. The first-order chi connectivity index (χ1) is 18.4. The van der Waals surface area contributed by atoms with Crippen molar-refractivity contribution in [2.45, 2.75) is 20.1 Å². The van der Waals surface area contributed by atoms with Crippen LogP contribution in [0.25, 0.3) is 6.08 Å². The molecule has 7 heteroatoms. The minimum Gasteiger partial charge on any atom is -0.489 e. The molecule has 4 aromatic carbocycles. The van der Waals surface area contributed by atoms with Crippen molar-refractivity contribution in [3.05, 3.63) is 127 Å². The van der Waals surface area contributed by atoms with Gasteiger partial charge < -0.3 is 14.8 Å². The van der Waals surface area contributed by atoms with Crippen LogP contribution in [-0.4, -0.2) is 5.91 Å². The summed E-state index contributed by atoms with van der Waals surface area (Å²) in [7, 11) is 0. The Morgan fingerprint density at radius 3 is 2.26 bits per heavy atom. The van der Waals surface area contributed by atoms with Crippen LogP contribution in [0.2, 0.25) is 0 Å². The third kappa shape index (κ3) is 7.70. The van der Waals surface area contributed by atoms with E-state index in [2.05, 4.69) is 56.0 Å². The Labute approximate surface area is 244 Å². The molecule has 0 aromatic heterocycles. The zero-order valence-electron chi connectivity index (χ0n) is 20.6. The number of nitrogens with zero attached hydrogens (tertiary/aromatic N) is 1. The molecule has 1 N–H and O–H groups in total. The molecule has 5 nitrogen and oxygen atoms in total. The first-order valence-electron chi connectivity index (χ1n) is 11.8. The summed E-state index contributed by atoms with van der Waals surface area (Å²) >= 11 is 5.75. The van der Waals surface area contributed by atoms with Gasteiger partial charge in [-0.3, -0.25) is 4.79 Å². The molecule has 0 radical (unpaired) electrons. The van der Waals surface area contributed by atoms with Gasteiger partial charge >= 0.3 is 0 Å².